The number of nitrogens with zero attached hydrogens (tertiary/aromatic N) is 1. The van der Waals surface area contributed by atoms with Gasteiger partial charge in [-0.25, -0.2) is 8.42 Å². The highest BCUT2D eigenvalue weighted by molar-refractivity contribution is 7.99. The van der Waals surface area contributed by atoms with Crippen LogP contribution in [0.1, 0.15) is 63.0 Å². The molecule has 39 heavy (non-hydrogen) atoms. The summed E-state index contributed by atoms with van der Waals surface area (Å²) in [4.78, 5) is 23.3. The molecule has 1 aliphatic rings. The van der Waals surface area contributed by atoms with Crippen molar-refractivity contribution in [3.05, 3.63) is 72.3 Å². The molecule has 0 N–H and O–H groups in total. The first kappa shape index (κ1) is 36.4. The molecule has 2 aromatic rings. The molecule has 5 nitrogen and oxygen atoms in total. The standard InChI is InChI=1S/C24H28F3NO3S2.C2H6.C2H4.CH2O/c1-15(2)32-19-9-10-21(16(3)11-19)22(29)28-13-18(14-28)23(4,5)33(30,31)20-8-6-7-17(12-20)24(25,26)27;3*1-2/h6-12,15,18H,13-14H2,1-5H3;1-2H3;1-2H2;1H2. The van der Waals surface area contributed by atoms with Crippen LogP contribution in [-0.2, 0) is 20.8 Å². The van der Waals surface area contributed by atoms with E-state index in [2.05, 4.69) is 27.0 Å². The van der Waals surface area contributed by atoms with Crippen LogP contribution in [0, 0.1) is 12.8 Å². The number of halogens is 3. The molecule has 10 heteroatoms. The highest BCUT2D eigenvalue weighted by Gasteiger charge is 2.49. The van der Waals surface area contributed by atoms with E-state index in [0.29, 0.717) is 16.9 Å². The van der Waals surface area contributed by atoms with Crippen LogP contribution < -0.4 is 0 Å². The van der Waals surface area contributed by atoms with Gasteiger partial charge in [0.2, 0.25) is 0 Å². The van der Waals surface area contributed by atoms with Gasteiger partial charge in [-0.1, -0.05) is 33.8 Å². The Morgan fingerprint density at radius 1 is 1.03 bits per heavy atom. The van der Waals surface area contributed by atoms with Crippen LogP contribution in [0.15, 0.2) is 65.4 Å². The fourth-order valence-electron chi connectivity index (χ4n) is 3.84. The Hall–Kier alpha value is -2.59. The summed E-state index contributed by atoms with van der Waals surface area (Å²) in [6.07, 6.45) is -4.63. The monoisotopic (exact) mass is 587 g/mol. The van der Waals surface area contributed by atoms with Crippen molar-refractivity contribution in [2.75, 3.05) is 13.1 Å². The highest BCUT2D eigenvalue weighted by Crippen LogP contribution is 2.39. The van der Waals surface area contributed by atoms with Crippen LogP contribution in [0.3, 0.4) is 0 Å². The van der Waals surface area contributed by atoms with Crippen LogP contribution in [0.2, 0.25) is 0 Å². The Balaban J connectivity index is 0.00000225. The number of sulfone groups is 1. The van der Waals surface area contributed by atoms with Gasteiger partial charge in [-0.3, -0.25) is 4.79 Å². The summed E-state index contributed by atoms with van der Waals surface area (Å²) in [5.41, 5.74) is 0.421. The van der Waals surface area contributed by atoms with Gasteiger partial charge in [-0.05, 0) is 62.7 Å². The first-order valence-corrected chi connectivity index (χ1v) is 14.8. The third-order valence-electron chi connectivity index (χ3n) is 6.12. The first-order valence-electron chi connectivity index (χ1n) is 12.4. The lowest BCUT2D eigenvalue weighted by molar-refractivity contribution is -0.137. The van der Waals surface area contributed by atoms with E-state index in [1.54, 1.807) is 22.7 Å². The van der Waals surface area contributed by atoms with Gasteiger partial charge in [0.25, 0.3) is 5.91 Å². The number of hydrogen-bond acceptors (Lipinski definition) is 5. The summed E-state index contributed by atoms with van der Waals surface area (Å²) in [6.45, 7) is 21.5. The van der Waals surface area contributed by atoms with Crippen LogP contribution in [0.5, 0.6) is 0 Å². The molecular weight excluding hydrogens is 547 g/mol. The lowest BCUT2D eigenvalue weighted by Crippen LogP contribution is -2.59. The fraction of sp³-hybridized carbons (Fsp3) is 0.448. The van der Waals surface area contributed by atoms with Crippen LogP contribution in [-0.4, -0.2) is 49.1 Å². The molecule has 218 valence electrons. The number of hydrogen-bond donors (Lipinski definition) is 0. The average molecular weight is 588 g/mol. The minimum Gasteiger partial charge on any atom is -0.338 e. The third-order valence-corrected chi connectivity index (χ3v) is 9.71. The number of benzene rings is 2. The molecule has 0 atom stereocenters. The molecule has 0 saturated carbocycles. The molecule has 0 bridgehead atoms. The quantitative estimate of drug-likeness (QED) is 0.259. The van der Waals surface area contributed by atoms with E-state index in [-0.39, 0.29) is 23.9 Å². The van der Waals surface area contributed by atoms with Gasteiger partial charge in [0.15, 0.2) is 9.84 Å². The number of carbonyl (C=O) groups excluding carboxylic acids is 2. The van der Waals surface area contributed by atoms with Gasteiger partial charge in [0, 0.05) is 34.7 Å². The third kappa shape index (κ3) is 8.70. The van der Waals surface area contributed by atoms with Crippen molar-refractivity contribution in [2.24, 2.45) is 5.92 Å². The topological polar surface area (TPSA) is 71.5 Å². The summed E-state index contributed by atoms with van der Waals surface area (Å²) in [5.74, 6) is -0.561. The van der Waals surface area contributed by atoms with Crippen molar-refractivity contribution in [1.29, 1.82) is 0 Å². The van der Waals surface area contributed by atoms with E-state index >= 15 is 0 Å². The summed E-state index contributed by atoms with van der Waals surface area (Å²) in [5, 5.41) is 0.420. The molecule has 0 unspecified atom stereocenters. The Labute approximate surface area is 235 Å². The second kappa shape index (κ2) is 15.3. The second-order valence-electron chi connectivity index (χ2n) is 9.18. The SMILES string of the molecule is C=C.C=O.CC.Cc1cc(SC(C)C)ccc1C(=O)N1CC(C(C)(C)S(=O)(=O)c2cccc(C(F)(F)F)c2)C1. The number of rotatable bonds is 6. The Morgan fingerprint density at radius 3 is 2.03 bits per heavy atom. The average Bonchev–Trinajstić information content (AvgIpc) is 2.85. The lowest BCUT2D eigenvalue weighted by atomic mass is 9.87. The molecule has 1 saturated heterocycles. The zero-order valence-corrected chi connectivity index (χ0v) is 25.4. The predicted octanol–water partition coefficient (Wildman–Crippen LogP) is 7.48. The summed E-state index contributed by atoms with van der Waals surface area (Å²) in [6, 6.07) is 9.49. The number of alkyl halides is 3. The second-order valence-corrected chi connectivity index (χ2v) is 13.4. The molecule has 0 aromatic heterocycles. The predicted molar refractivity (Wildman–Crippen MR) is 154 cm³/mol. The molecule has 0 aliphatic carbocycles. The molecule has 0 radical (unpaired) electrons. The number of likely N-dealkylation sites (tertiary alicyclic amines) is 1. The molecule has 2 aromatic carbocycles. The highest BCUT2D eigenvalue weighted by atomic mass is 32.2. The van der Waals surface area contributed by atoms with Gasteiger partial charge in [0.1, 0.15) is 6.79 Å². The van der Waals surface area contributed by atoms with Crippen LogP contribution >= 0.6 is 11.8 Å². The van der Waals surface area contributed by atoms with E-state index in [4.69, 9.17) is 4.79 Å². The van der Waals surface area contributed by atoms with Crippen molar-refractivity contribution in [3.63, 3.8) is 0 Å². The summed E-state index contributed by atoms with van der Waals surface area (Å²) >= 11 is 1.71. The molecule has 0 spiro atoms. The van der Waals surface area contributed by atoms with Crippen molar-refractivity contribution >= 4 is 34.3 Å². The number of thioether (sulfide) groups is 1. The molecule has 1 fully saturated rings. The number of amides is 1. The van der Waals surface area contributed by atoms with E-state index in [1.807, 2.05) is 39.7 Å². The van der Waals surface area contributed by atoms with Crippen molar-refractivity contribution < 1.29 is 31.2 Å². The van der Waals surface area contributed by atoms with E-state index in [0.717, 1.165) is 22.6 Å². The van der Waals surface area contributed by atoms with Gasteiger partial charge in [0.05, 0.1) is 15.2 Å². The zero-order chi connectivity index (χ0) is 30.8. The Bertz CT molecular complexity index is 1190. The minimum absolute atomic E-state index is 0.169. The van der Waals surface area contributed by atoms with Crippen LogP contribution in [0.25, 0.3) is 0 Å². The maximum Gasteiger partial charge on any atom is 0.416 e. The first-order chi connectivity index (χ1) is 18.1. The van der Waals surface area contributed by atoms with Crippen molar-refractivity contribution in [3.8, 4) is 0 Å². The Morgan fingerprint density at radius 2 is 1.56 bits per heavy atom. The number of carbonyl (C=O) groups is 2. The molecular formula is C29H40F3NO4S2. The lowest BCUT2D eigenvalue weighted by Gasteiger charge is -2.47. The smallest absolute Gasteiger partial charge is 0.338 e. The van der Waals surface area contributed by atoms with Gasteiger partial charge < -0.3 is 9.69 Å². The van der Waals surface area contributed by atoms with Crippen molar-refractivity contribution in [2.45, 2.75) is 74.4 Å². The maximum atomic E-state index is 13.2. The number of aryl methyl sites for hydroxylation is 1. The summed E-state index contributed by atoms with van der Waals surface area (Å²) < 4.78 is 64.3. The Kier molecular flexibility index (Phi) is 14.3. The van der Waals surface area contributed by atoms with Gasteiger partial charge in [-0.15, -0.1) is 24.9 Å². The molecule has 1 heterocycles. The van der Waals surface area contributed by atoms with Crippen molar-refractivity contribution in [1.82, 2.24) is 4.90 Å². The minimum atomic E-state index is -4.63. The zero-order valence-electron chi connectivity index (χ0n) is 23.8. The molecule has 3 rings (SSSR count). The fourth-order valence-corrected chi connectivity index (χ4v) is 6.51. The molecule has 1 amide bonds. The van der Waals surface area contributed by atoms with Gasteiger partial charge in [-0.2, -0.15) is 13.2 Å². The van der Waals surface area contributed by atoms with E-state index in [9.17, 15) is 26.4 Å². The normalized spacial score (nSPS) is 13.6. The van der Waals surface area contributed by atoms with Crippen LogP contribution in [0.4, 0.5) is 13.2 Å². The van der Waals surface area contributed by atoms with E-state index in [1.165, 1.54) is 19.9 Å². The maximum absolute atomic E-state index is 13.2. The summed E-state index contributed by atoms with van der Waals surface area (Å²) in [7, 11) is -4.06. The van der Waals surface area contributed by atoms with Gasteiger partial charge >= 0.3 is 6.18 Å². The molecule has 1 aliphatic heterocycles. The largest absolute Gasteiger partial charge is 0.416 e. The van der Waals surface area contributed by atoms with E-state index < -0.39 is 32.2 Å².